The minimum atomic E-state index is -3.33. The van der Waals surface area contributed by atoms with Gasteiger partial charge in [-0.25, -0.2) is 23.2 Å². The fourth-order valence-electron chi connectivity index (χ4n) is 4.20. The van der Waals surface area contributed by atoms with E-state index in [-0.39, 0.29) is 16.6 Å². The van der Waals surface area contributed by atoms with Crippen LogP contribution in [-0.4, -0.2) is 40.2 Å². The zero-order valence-electron chi connectivity index (χ0n) is 20.6. The molecule has 0 aliphatic rings. The number of carbonyl (C=O) groups is 1. The summed E-state index contributed by atoms with van der Waals surface area (Å²) in [5.41, 5.74) is 3.83. The van der Waals surface area contributed by atoms with Gasteiger partial charge in [-0.2, -0.15) is 0 Å². The molecule has 0 fully saturated rings. The number of hydrogen-bond acceptors (Lipinski definition) is 6. The normalized spacial score (nSPS) is 11.4. The number of ether oxygens (including phenoxy) is 1. The summed E-state index contributed by atoms with van der Waals surface area (Å²) in [6, 6.07) is 21.7. The van der Waals surface area contributed by atoms with Crippen molar-refractivity contribution in [3.8, 4) is 34.2 Å². The van der Waals surface area contributed by atoms with E-state index in [1.807, 2.05) is 60.0 Å². The van der Waals surface area contributed by atoms with E-state index in [1.54, 1.807) is 30.5 Å². The molecule has 5 aromatic rings. The number of sulfone groups is 1. The van der Waals surface area contributed by atoms with Crippen LogP contribution in [0.2, 0.25) is 5.02 Å². The minimum absolute atomic E-state index is 0.0755. The van der Waals surface area contributed by atoms with Crippen LogP contribution in [0.25, 0.3) is 28.2 Å². The molecule has 0 bridgehead atoms. The molecular weight excluding hydrogens is 524 g/mol. The monoisotopic (exact) mass is 546 g/mol. The Hall–Kier alpha value is -4.21. The second kappa shape index (κ2) is 10.3. The molecule has 10 heteroatoms. The summed E-state index contributed by atoms with van der Waals surface area (Å²) in [4.78, 5) is 24.8. The van der Waals surface area contributed by atoms with Gasteiger partial charge in [0.05, 0.1) is 15.6 Å². The first-order valence-corrected chi connectivity index (χ1v) is 14.0. The summed E-state index contributed by atoms with van der Waals surface area (Å²) in [7, 11) is -3.33. The Bertz CT molecular complexity index is 1730. The summed E-state index contributed by atoms with van der Waals surface area (Å²) < 4.78 is 31.3. The van der Waals surface area contributed by atoms with Crippen molar-refractivity contribution in [1.82, 2.24) is 19.5 Å². The van der Waals surface area contributed by atoms with Crippen LogP contribution in [0.15, 0.2) is 90.1 Å². The second-order valence-corrected chi connectivity index (χ2v) is 11.0. The molecule has 1 N–H and O–H groups in total. The standard InChI is InChI=1S/C28H23ClN4O4S/c1-3-24-25(27(34)37-28-30-15-16-31-28)32-26(22-9-4-5-10-23(22)29)33(24)20-13-11-18(12-14-20)19-7-6-8-21(17-19)38(2,35)36/h4-17H,3H2,1-2H3,(H,30,31). The third kappa shape index (κ3) is 4.98. The highest BCUT2D eigenvalue weighted by Crippen LogP contribution is 2.33. The van der Waals surface area contributed by atoms with Crippen LogP contribution < -0.4 is 4.74 Å². The number of rotatable bonds is 7. The zero-order valence-corrected chi connectivity index (χ0v) is 22.1. The number of halogens is 1. The smallest absolute Gasteiger partial charge is 0.366 e. The van der Waals surface area contributed by atoms with Gasteiger partial charge in [0.15, 0.2) is 15.5 Å². The lowest BCUT2D eigenvalue weighted by molar-refractivity contribution is 0.0714. The van der Waals surface area contributed by atoms with Crippen molar-refractivity contribution in [2.24, 2.45) is 0 Å². The SMILES string of the molecule is CCc1c(C(=O)Oc2ncc[nH]2)nc(-c2ccccc2Cl)n1-c1ccc(-c2cccc(S(C)(=O)=O)c2)cc1. The average Bonchev–Trinajstić information content (AvgIpc) is 3.56. The largest absolute Gasteiger partial charge is 0.387 e. The Morgan fingerprint density at radius 3 is 2.45 bits per heavy atom. The van der Waals surface area contributed by atoms with Crippen molar-refractivity contribution in [2.45, 2.75) is 18.2 Å². The van der Waals surface area contributed by atoms with Crippen molar-refractivity contribution in [1.29, 1.82) is 0 Å². The molecule has 2 aromatic heterocycles. The molecule has 2 heterocycles. The molecule has 5 rings (SSSR count). The highest BCUT2D eigenvalue weighted by molar-refractivity contribution is 7.90. The van der Waals surface area contributed by atoms with E-state index in [2.05, 4.69) is 15.0 Å². The molecule has 0 atom stereocenters. The Labute approximate surface area is 224 Å². The fraction of sp³-hybridized carbons (Fsp3) is 0.107. The van der Waals surface area contributed by atoms with Crippen LogP contribution in [-0.2, 0) is 16.3 Å². The van der Waals surface area contributed by atoms with E-state index in [4.69, 9.17) is 16.3 Å². The highest BCUT2D eigenvalue weighted by atomic mass is 35.5. The number of hydrogen-bond donors (Lipinski definition) is 1. The number of nitrogens with one attached hydrogen (secondary N) is 1. The highest BCUT2D eigenvalue weighted by Gasteiger charge is 2.26. The van der Waals surface area contributed by atoms with Gasteiger partial charge in [-0.15, -0.1) is 0 Å². The predicted octanol–water partition coefficient (Wildman–Crippen LogP) is 5.77. The minimum Gasteiger partial charge on any atom is -0.387 e. The van der Waals surface area contributed by atoms with Crippen molar-refractivity contribution in [3.05, 3.63) is 102 Å². The lowest BCUT2D eigenvalue weighted by atomic mass is 10.1. The second-order valence-electron chi connectivity index (χ2n) is 8.53. The van der Waals surface area contributed by atoms with Gasteiger partial charge in [-0.1, -0.05) is 54.9 Å². The van der Waals surface area contributed by atoms with Gasteiger partial charge in [0.1, 0.15) is 5.82 Å². The summed E-state index contributed by atoms with van der Waals surface area (Å²) in [6.07, 6.45) is 4.72. The van der Waals surface area contributed by atoms with Gasteiger partial charge in [0, 0.05) is 29.9 Å². The van der Waals surface area contributed by atoms with Gasteiger partial charge in [0.2, 0.25) is 0 Å². The topological polar surface area (TPSA) is 107 Å². The summed E-state index contributed by atoms with van der Waals surface area (Å²) in [6.45, 7) is 1.93. The first-order valence-electron chi connectivity index (χ1n) is 11.7. The van der Waals surface area contributed by atoms with Gasteiger partial charge in [-0.3, -0.25) is 4.57 Å². The van der Waals surface area contributed by atoms with Crippen LogP contribution >= 0.6 is 11.6 Å². The van der Waals surface area contributed by atoms with Crippen molar-refractivity contribution in [2.75, 3.05) is 6.26 Å². The molecule has 3 aromatic carbocycles. The quantitative estimate of drug-likeness (QED) is 0.260. The maximum Gasteiger partial charge on any atom is 0.366 e. The number of carbonyl (C=O) groups excluding carboxylic acids is 1. The molecule has 0 radical (unpaired) electrons. The number of imidazole rings is 2. The summed E-state index contributed by atoms with van der Waals surface area (Å²) >= 11 is 6.54. The third-order valence-electron chi connectivity index (χ3n) is 6.00. The maximum atomic E-state index is 13.1. The van der Waals surface area contributed by atoms with E-state index >= 15 is 0 Å². The molecule has 38 heavy (non-hydrogen) atoms. The Morgan fingerprint density at radius 1 is 1.03 bits per heavy atom. The van der Waals surface area contributed by atoms with E-state index in [9.17, 15) is 13.2 Å². The molecule has 192 valence electrons. The fourth-order valence-corrected chi connectivity index (χ4v) is 5.08. The predicted molar refractivity (Wildman–Crippen MR) is 145 cm³/mol. The summed E-state index contributed by atoms with van der Waals surface area (Å²) in [5, 5.41) is 0.488. The molecule has 0 amide bonds. The molecule has 0 spiro atoms. The van der Waals surface area contributed by atoms with Crippen LogP contribution in [0.4, 0.5) is 0 Å². The van der Waals surface area contributed by atoms with Crippen molar-refractivity contribution >= 4 is 27.4 Å². The number of aromatic nitrogens is 4. The van der Waals surface area contributed by atoms with Gasteiger partial charge in [0.25, 0.3) is 0 Å². The van der Waals surface area contributed by atoms with Crippen LogP contribution in [0.1, 0.15) is 23.1 Å². The first-order chi connectivity index (χ1) is 18.3. The maximum absolute atomic E-state index is 13.1. The van der Waals surface area contributed by atoms with Gasteiger partial charge in [-0.05, 0) is 53.9 Å². The van der Waals surface area contributed by atoms with Crippen LogP contribution in [0.3, 0.4) is 0 Å². The molecule has 0 unspecified atom stereocenters. The number of nitrogens with zero attached hydrogens (tertiary/aromatic N) is 3. The van der Waals surface area contributed by atoms with Crippen molar-refractivity contribution < 1.29 is 17.9 Å². The van der Waals surface area contributed by atoms with E-state index in [0.29, 0.717) is 28.5 Å². The lowest BCUT2D eigenvalue weighted by Crippen LogP contribution is -2.13. The number of H-pyrrole nitrogens is 1. The molecular formula is C28H23ClN4O4S. The van der Waals surface area contributed by atoms with E-state index in [0.717, 1.165) is 16.8 Å². The molecule has 0 aliphatic heterocycles. The number of esters is 1. The molecule has 0 saturated carbocycles. The number of aromatic amines is 1. The van der Waals surface area contributed by atoms with E-state index < -0.39 is 15.8 Å². The lowest BCUT2D eigenvalue weighted by Gasteiger charge is -2.14. The van der Waals surface area contributed by atoms with E-state index in [1.165, 1.54) is 12.5 Å². The van der Waals surface area contributed by atoms with Crippen molar-refractivity contribution in [3.63, 3.8) is 0 Å². The Balaban J connectivity index is 1.62. The molecule has 0 saturated heterocycles. The van der Waals surface area contributed by atoms with Crippen LogP contribution in [0.5, 0.6) is 6.01 Å². The van der Waals surface area contributed by atoms with Gasteiger partial charge >= 0.3 is 12.0 Å². The molecule has 8 nitrogen and oxygen atoms in total. The average molecular weight is 547 g/mol. The molecule has 0 aliphatic carbocycles. The first kappa shape index (κ1) is 25.4. The van der Waals surface area contributed by atoms with Gasteiger partial charge < -0.3 is 9.72 Å². The Morgan fingerprint density at radius 2 is 1.79 bits per heavy atom. The van der Waals surface area contributed by atoms with Crippen LogP contribution in [0, 0.1) is 0 Å². The number of benzene rings is 3. The third-order valence-corrected chi connectivity index (χ3v) is 7.44. The zero-order chi connectivity index (χ0) is 26.9. The Kier molecular flexibility index (Phi) is 6.88. The summed E-state index contributed by atoms with van der Waals surface area (Å²) in [5.74, 6) is -0.149.